The predicted molar refractivity (Wildman–Crippen MR) is 104 cm³/mol. The summed E-state index contributed by atoms with van der Waals surface area (Å²) in [7, 11) is 0. The number of hydrogen-bond donors (Lipinski definition) is 0. The molecule has 1 nitrogen and oxygen atoms in total. The molecule has 23 heavy (non-hydrogen) atoms. The lowest BCUT2D eigenvalue weighted by Gasteiger charge is -2.02. The van der Waals surface area contributed by atoms with Crippen molar-refractivity contribution in [3.63, 3.8) is 0 Å². The zero-order chi connectivity index (χ0) is 16.8. The molecular weight excluding hydrogens is 298 g/mol. The highest BCUT2D eigenvalue weighted by Gasteiger charge is 2.09. The smallest absolute Gasteiger partial charge is 0.193 e. The van der Waals surface area contributed by atoms with E-state index in [0.717, 1.165) is 0 Å². The Morgan fingerprint density at radius 1 is 0.696 bits per heavy atom. The average molecular weight is 339 g/mol. The third-order valence-corrected chi connectivity index (χ3v) is 5.76. The summed E-state index contributed by atoms with van der Waals surface area (Å²) in [5, 5.41) is 1.46. The van der Waals surface area contributed by atoms with Gasteiger partial charge in [-0.15, -0.1) is 0 Å². The van der Waals surface area contributed by atoms with Crippen molar-refractivity contribution in [2.75, 3.05) is 0 Å². The Morgan fingerprint density at radius 2 is 1.13 bits per heavy atom. The van der Waals surface area contributed by atoms with Crippen LogP contribution in [0.3, 0.4) is 0 Å². The summed E-state index contributed by atoms with van der Waals surface area (Å²) in [6.07, 6.45) is 22.5. The van der Waals surface area contributed by atoms with Crippen LogP contribution in [0, 0.1) is 13.8 Å². The van der Waals surface area contributed by atoms with Crippen LogP contribution in [-0.4, -0.2) is 0 Å². The van der Waals surface area contributed by atoms with E-state index in [1.54, 1.807) is 0 Å². The van der Waals surface area contributed by atoms with E-state index in [2.05, 4.69) is 31.5 Å². The molecule has 0 bridgehead atoms. The summed E-state index contributed by atoms with van der Waals surface area (Å²) >= 11 is 1.92. The first-order valence-electron chi connectivity index (χ1n) is 10.2. The quantitative estimate of drug-likeness (QED) is 0.236. The van der Waals surface area contributed by atoms with Crippen LogP contribution in [0.5, 0.6) is 0 Å². The second kappa shape index (κ2) is 14.0. The summed E-state index contributed by atoms with van der Waals surface area (Å²) in [5.41, 5.74) is 0. The second-order valence-electron chi connectivity index (χ2n) is 7.15. The Kier molecular flexibility index (Phi) is 12.6. The van der Waals surface area contributed by atoms with E-state index in [9.17, 15) is 0 Å². The fourth-order valence-electron chi connectivity index (χ4n) is 3.33. The summed E-state index contributed by atoms with van der Waals surface area (Å²) < 4.78 is 2.43. The van der Waals surface area contributed by atoms with Gasteiger partial charge in [0.25, 0.3) is 0 Å². The lowest BCUT2D eigenvalue weighted by Crippen LogP contribution is -2.33. The standard InChI is InChI=1S/C21H40NS/c1-4-5-6-7-8-9-10-11-12-13-14-15-16-17-18-22-19-20(2)23-21(22)3/h19H,4-18H2,1-3H3/q+1. The predicted octanol–water partition coefficient (Wildman–Crippen LogP) is 7.13. The first-order valence-corrected chi connectivity index (χ1v) is 11.0. The van der Waals surface area contributed by atoms with Crippen LogP contribution in [0.4, 0.5) is 0 Å². The molecule has 0 atom stereocenters. The Labute approximate surface area is 149 Å². The Balaban J connectivity index is 1.79. The number of unbranched alkanes of at least 4 members (excludes halogenated alkanes) is 13. The maximum absolute atomic E-state index is 2.43. The Hall–Kier alpha value is -0.370. The largest absolute Gasteiger partial charge is 0.234 e. The molecular formula is C21H40NS+. The van der Waals surface area contributed by atoms with Gasteiger partial charge in [0.1, 0.15) is 6.54 Å². The fraction of sp³-hybridized carbons (Fsp3) is 0.857. The van der Waals surface area contributed by atoms with Crippen LogP contribution in [0.2, 0.25) is 0 Å². The van der Waals surface area contributed by atoms with Gasteiger partial charge in [-0.25, -0.2) is 0 Å². The van der Waals surface area contributed by atoms with Crippen LogP contribution in [0.1, 0.15) is 107 Å². The molecule has 1 heterocycles. The molecule has 0 aliphatic rings. The lowest BCUT2D eigenvalue weighted by atomic mass is 10.0. The zero-order valence-electron chi connectivity index (χ0n) is 16.0. The van der Waals surface area contributed by atoms with Gasteiger partial charge in [-0.05, 0) is 13.3 Å². The first-order chi connectivity index (χ1) is 11.2. The number of aromatic nitrogens is 1. The van der Waals surface area contributed by atoms with Gasteiger partial charge in [0.2, 0.25) is 5.01 Å². The summed E-state index contributed by atoms with van der Waals surface area (Å²) in [6, 6.07) is 0. The first kappa shape index (κ1) is 20.7. The van der Waals surface area contributed by atoms with Gasteiger partial charge >= 0.3 is 0 Å². The molecule has 0 radical (unpaired) electrons. The van der Waals surface area contributed by atoms with Gasteiger partial charge in [-0.1, -0.05) is 95.3 Å². The van der Waals surface area contributed by atoms with Crippen LogP contribution in [-0.2, 0) is 6.54 Å². The molecule has 0 saturated carbocycles. The minimum absolute atomic E-state index is 1.22. The number of aryl methyl sites for hydroxylation is 3. The minimum atomic E-state index is 1.22. The normalized spacial score (nSPS) is 11.3. The highest BCUT2D eigenvalue weighted by molar-refractivity contribution is 7.11. The lowest BCUT2D eigenvalue weighted by molar-refractivity contribution is -0.698. The Morgan fingerprint density at radius 3 is 1.52 bits per heavy atom. The summed E-state index contributed by atoms with van der Waals surface area (Å²) in [5.74, 6) is 0. The van der Waals surface area contributed by atoms with E-state index in [1.807, 2.05) is 11.3 Å². The van der Waals surface area contributed by atoms with Crippen molar-refractivity contribution >= 4 is 11.3 Å². The molecule has 0 aliphatic heterocycles. The molecule has 134 valence electrons. The van der Waals surface area contributed by atoms with E-state index >= 15 is 0 Å². The average Bonchev–Trinajstić information content (AvgIpc) is 2.85. The highest BCUT2D eigenvalue weighted by atomic mass is 32.1. The topological polar surface area (TPSA) is 3.88 Å². The molecule has 0 unspecified atom stereocenters. The van der Waals surface area contributed by atoms with E-state index in [4.69, 9.17) is 0 Å². The van der Waals surface area contributed by atoms with Crippen molar-refractivity contribution in [2.45, 2.75) is 117 Å². The van der Waals surface area contributed by atoms with Crippen molar-refractivity contribution < 1.29 is 4.57 Å². The van der Waals surface area contributed by atoms with Crippen molar-refractivity contribution in [3.8, 4) is 0 Å². The monoisotopic (exact) mass is 338 g/mol. The van der Waals surface area contributed by atoms with Crippen LogP contribution >= 0.6 is 11.3 Å². The van der Waals surface area contributed by atoms with E-state index < -0.39 is 0 Å². The van der Waals surface area contributed by atoms with Gasteiger partial charge < -0.3 is 0 Å². The second-order valence-corrected chi connectivity index (χ2v) is 8.59. The number of nitrogens with zero attached hydrogens (tertiary/aromatic N) is 1. The van der Waals surface area contributed by atoms with Gasteiger partial charge in [0, 0.05) is 13.3 Å². The minimum Gasteiger partial charge on any atom is -0.193 e. The zero-order valence-corrected chi connectivity index (χ0v) is 16.9. The van der Waals surface area contributed by atoms with Crippen LogP contribution in [0.25, 0.3) is 0 Å². The molecule has 0 spiro atoms. The molecule has 0 aromatic carbocycles. The number of rotatable bonds is 15. The van der Waals surface area contributed by atoms with Crippen molar-refractivity contribution in [1.82, 2.24) is 0 Å². The maximum Gasteiger partial charge on any atom is 0.234 e. The van der Waals surface area contributed by atoms with Gasteiger partial charge in [0.15, 0.2) is 6.20 Å². The van der Waals surface area contributed by atoms with Gasteiger partial charge in [0.05, 0.1) is 4.88 Å². The highest BCUT2D eigenvalue weighted by Crippen LogP contribution is 2.13. The molecule has 0 aliphatic carbocycles. The molecule has 1 aromatic heterocycles. The third-order valence-electron chi connectivity index (χ3n) is 4.80. The summed E-state index contributed by atoms with van der Waals surface area (Å²) in [4.78, 5) is 1.44. The molecule has 1 aromatic rings. The van der Waals surface area contributed by atoms with Crippen LogP contribution in [0.15, 0.2) is 6.20 Å². The van der Waals surface area contributed by atoms with E-state index in [1.165, 1.54) is 106 Å². The van der Waals surface area contributed by atoms with E-state index in [0.29, 0.717) is 0 Å². The third kappa shape index (κ3) is 10.9. The van der Waals surface area contributed by atoms with Crippen molar-refractivity contribution in [3.05, 3.63) is 16.1 Å². The maximum atomic E-state index is 2.43. The molecule has 0 amide bonds. The van der Waals surface area contributed by atoms with Gasteiger partial charge in [-0.2, -0.15) is 4.57 Å². The number of thiazole rings is 1. The Bertz CT molecular complexity index is 383. The van der Waals surface area contributed by atoms with E-state index in [-0.39, 0.29) is 0 Å². The SMILES string of the molecule is CCCCCCCCCCCCCCCC[n+]1cc(C)sc1C. The molecule has 0 N–H and O–H groups in total. The van der Waals surface area contributed by atoms with Crippen molar-refractivity contribution in [2.24, 2.45) is 0 Å². The number of hydrogen-bond acceptors (Lipinski definition) is 1. The van der Waals surface area contributed by atoms with Gasteiger partial charge in [-0.3, -0.25) is 0 Å². The molecule has 1 rings (SSSR count). The van der Waals surface area contributed by atoms with Crippen LogP contribution < -0.4 is 4.57 Å². The summed E-state index contributed by atoms with van der Waals surface area (Å²) in [6.45, 7) is 7.96. The van der Waals surface area contributed by atoms with Crippen molar-refractivity contribution in [1.29, 1.82) is 0 Å². The fourth-order valence-corrected chi connectivity index (χ4v) is 4.23. The molecule has 0 saturated heterocycles. The molecule has 0 fully saturated rings. The molecule has 2 heteroatoms.